The van der Waals surface area contributed by atoms with Crippen molar-refractivity contribution in [2.75, 3.05) is 0 Å². The number of hydrogen-bond donors (Lipinski definition) is 1. The zero-order chi connectivity index (χ0) is 19.7. The number of pyridine rings is 1. The van der Waals surface area contributed by atoms with E-state index >= 15 is 0 Å². The van der Waals surface area contributed by atoms with Crippen LogP contribution in [-0.2, 0) is 16.1 Å². The second kappa shape index (κ2) is 7.15. The van der Waals surface area contributed by atoms with Crippen molar-refractivity contribution in [3.8, 4) is 0 Å². The number of amides is 1. The lowest BCUT2D eigenvalue weighted by molar-refractivity contribution is -0.140. The Balaban J connectivity index is 1.85. The summed E-state index contributed by atoms with van der Waals surface area (Å²) in [7, 11) is 0. The number of benzene rings is 1. The molecule has 1 unspecified atom stereocenters. The van der Waals surface area contributed by atoms with Crippen LogP contribution < -0.4 is 0 Å². The molecule has 1 N–H and O–H groups in total. The van der Waals surface area contributed by atoms with Crippen molar-refractivity contribution in [2.24, 2.45) is 0 Å². The number of carbonyl (C=O) groups is 2. The molecule has 3 heterocycles. The summed E-state index contributed by atoms with van der Waals surface area (Å²) in [5.41, 5.74) is 2.20. The Morgan fingerprint density at radius 2 is 1.93 bits per heavy atom. The predicted octanol–water partition coefficient (Wildman–Crippen LogP) is 3.60. The number of rotatable bonds is 4. The lowest BCUT2D eigenvalue weighted by Crippen LogP contribution is -2.29. The van der Waals surface area contributed by atoms with E-state index in [-0.39, 0.29) is 17.9 Å². The van der Waals surface area contributed by atoms with Crippen LogP contribution in [0.2, 0.25) is 0 Å². The van der Waals surface area contributed by atoms with Gasteiger partial charge in [-0.15, -0.1) is 0 Å². The highest BCUT2D eigenvalue weighted by Gasteiger charge is 2.46. The fourth-order valence-electron chi connectivity index (χ4n) is 3.36. The molecule has 1 aromatic carbocycles. The minimum Gasteiger partial charge on any atom is -0.507 e. The summed E-state index contributed by atoms with van der Waals surface area (Å²) in [5, 5.41) is 10.9. The van der Waals surface area contributed by atoms with Crippen molar-refractivity contribution < 1.29 is 19.1 Å². The largest absolute Gasteiger partial charge is 0.507 e. The number of nitrogens with zero attached hydrogens (tertiary/aromatic N) is 2. The van der Waals surface area contributed by atoms with Crippen LogP contribution in [0.15, 0.2) is 77.2 Å². The first-order valence-electron chi connectivity index (χ1n) is 8.84. The molecule has 4 rings (SSSR count). The Hall–Kier alpha value is -3.67. The number of aryl methyl sites for hydroxylation is 1. The molecule has 3 aromatic rings. The standard InChI is InChI=1S/C22H18N2O4/c1-14-6-8-15(9-7-14)20(25)18-19(16-4-2-10-23-12-16)24(22(27)21(18)26)13-17-5-3-11-28-17/h2-12,19,25H,13H2,1H3/b20-18+. The molecule has 1 aliphatic rings. The third kappa shape index (κ3) is 3.09. The Kier molecular flexibility index (Phi) is 4.53. The van der Waals surface area contributed by atoms with E-state index < -0.39 is 17.7 Å². The number of Topliss-reactive ketones (excluding diaryl/α,β-unsaturated/α-hetero) is 1. The van der Waals surface area contributed by atoms with Crippen LogP contribution in [0.4, 0.5) is 0 Å². The van der Waals surface area contributed by atoms with E-state index in [0.29, 0.717) is 16.9 Å². The minimum atomic E-state index is -0.750. The van der Waals surface area contributed by atoms with Gasteiger partial charge in [-0.25, -0.2) is 0 Å². The highest BCUT2D eigenvalue weighted by Crippen LogP contribution is 2.40. The maximum absolute atomic E-state index is 12.8. The summed E-state index contributed by atoms with van der Waals surface area (Å²) < 4.78 is 5.36. The van der Waals surface area contributed by atoms with Gasteiger partial charge in [-0.3, -0.25) is 14.6 Å². The van der Waals surface area contributed by atoms with Crippen LogP contribution >= 0.6 is 0 Å². The van der Waals surface area contributed by atoms with Gasteiger partial charge in [0.1, 0.15) is 11.5 Å². The second-order valence-corrected chi connectivity index (χ2v) is 6.66. The molecule has 6 heteroatoms. The summed E-state index contributed by atoms with van der Waals surface area (Å²) in [6, 6.07) is 13.3. The first-order valence-corrected chi connectivity index (χ1v) is 8.84. The lowest BCUT2D eigenvalue weighted by Gasteiger charge is -2.24. The fraction of sp³-hybridized carbons (Fsp3) is 0.136. The molecule has 6 nitrogen and oxygen atoms in total. The summed E-state index contributed by atoms with van der Waals surface area (Å²) in [5.74, 6) is -1.06. The number of hydrogen-bond acceptors (Lipinski definition) is 5. The average Bonchev–Trinajstić information content (AvgIpc) is 3.31. The number of aliphatic hydroxyl groups is 1. The van der Waals surface area contributed by atoms with E-state index in [9.17, 15) is 14.7 Å². The average molecular weight is 374 g/mol. The first-order chi connectivity index (χ1) is 13.6. The van der Waals surface area contributed by atoms with E-state index in [0.717, 1.165) is 5.56 Å². The summed E-state index contributed by atoms with van der Waals surface area (Å²) >= 11 is 0. The number of likely N-dealkylation sites (tertiary alicyclic amines) is 1. The normalized spacial score (nSPS) is 18.6. The molecule has 0 radical (unpaired) electrons. The fourth-order valence-corrected chi connectivity index (χ4v) is 3.36. The Bertz CT molecular complexity index is 1040. The van der Waals surface area contributed by atoms with Crippen LogP contribution in [-0.4, -0.2) is 26.7 Å². The summed E-state index contributed by atoms with van der Waals surface area (Å²) in [6.45, 7) is 2.05. The van der Waals surface area contributed by atoms with Crippen LogP contribution in [0.1, 0.15) is 28.5 Å². The Labute approximate surface area is 161 Å². The molecule has 1 fully saturated rings. The molecule has 28 heavy (non-hydrogen) atoms. The molecule has 0 spiro atoms. The SMILES string of the molecule is Cc1ccc(/C(O)=C2\C(=O)C(=O)N(Cc3ccco3)C2c2cccnc2)cc1. The molecule has 1 atom stereocenters. The highest BCUT2D eigenvalue weighted by molar-refractivity contribution is 6.46. The smallest absolute Gasteiger partial charge is 0.296 e. The van der Waals surface area contributed by atoms with Crippen molar-refractivity contribution in [1.82, 2.24) is 9.88 Å². The molecule has 1 amide bonds. The van der Waals surface area contributed by atoms with Crippen molar-refractivity contribution in [1.29, 1.82) is 0 Å². The summed E-state index contributed by atoms with van der Waals surface area (Å²) in [6.07, 6.45) is 4.72. The third-order valence-electron chi connectivity index (χ3n) is 4.77. The molecule has 140 valence electrons. The van der Waals surface area contributed by atoms with Gasteiger partial charge >= 0.3 is 0 Å². The van der Waals surface area contributed by atoms with Crippen LogP contribution in [0.3, 0.4) is 0 Å². The van der Waals surface area contributed by atoms with E-state index in [4.69, 9.17) is 4.42 Å². The highest BCUT2D eigenvalue weighted by atomic mass is 16.3. The van der Waals surface area contributed by atoms with Crippen molar-refractivity contribution in [2.45, 2.75) is 19.5 Å². The van der Waals surface area contributed by atoms with Gasteiger partial charge in [0.2, 0.25) is 0 Å². The van der Waals surface area contributed by atoms with Gasteiger partial charge in [-0.2, -0.15) is 0 Å². The van der Waals surface area contributed by atoms with Gasteiger partial charge in [-0.05, 0) is 30.7 Å². The second-order valence-electron chi connectivity index (χ2n) is 6.66. The van der Waals surface area contributed by atoms with Crippen molar-refractivity contribution >= 4 is 17.4 Å². The molecule has 2 aromatic heterocycles. The van der Waals surface area contributed by atoms with E-state index in [1.807, 2.05) is 19.1 Å². The molecule has 0 aliphatic carbocycles. The van der Waals surface area contributed by atoms with E-state index in [1.165, 1.54) is 11.2 Å². The molecule has 1 saturated heterocycles. The molecule has 1 aliphatic heterocycles. The Morgan fingerprint density at radius 3 is 2.57 bits per heavy atom. The number of aromatic nitrogens is 1. The molecular weight excluding hydrogens is 356 g/mol. The number of ketones is 1. The van der Waals surface area contributed by atoms with Gasteiger partial charge in [-0.1, -0.05) is 35.9 Å². The van der Waals surface area contributed by atoms with Gasteiger partial charge in [0.05, 0.1) is 24.4 Å². The molecular formula is C22H18N2O4. The Morgan fingerprint density at radius 1 is 1.14 bits per heavy atom. The molecule has 0 saturated carbocycles. The van der Waals surface area contributed by atoms with Gasteiger partial charge < -0.3 is 14.4 Å². The number of carbonyl (C=O) groups excluding carboxylic acids is 2. The zero-order valence-corrected chi connectivity index (χ0v) is 15.2. The van der Waals surface area contributed by atoms with Gasteiger partial charge in [0.25, 0.3) is 11.7 Å². The first kappa shape index (κ1) is 17.7. The summed E-state index contributed by atoms with van der Waals surface area (Å²) in [4.78, 5) is 31.1. The van der Waals surface area contributed by atoms with E-state index in [2.05, 4.69) is 4.98 Å². The lowest BCUT2D eigenvalue weighted by atomic mass is 9.96. The monoisotopic (exact) mass is 374 g/mol. The van der Waals surface area contributed by atoms with Gasteiger partial charge in [0.15, 0.2) is 0 Å². The topological polar surface area (TPSA) is 83.6 Å². The maximum Gasteiger partial charge on any atom is 0.296 e. The quantitative estimate of drug-likeness (QED) is 0.428. The zero-order valence-electron chi connectivity index (χ0n) is 15.2. The number of furan rings is 1. The maximum atomic E-state index is 12.8. The van der Waals surface area contributed by atoms with Crippen LogP contribution in [0.5, 0.6) is 0 Å². The van der Waals surface area contributed by atoms with Crippen molar-refractivity contribution in [3.05, 3.63) is 95.2 Å². The minimum absolute atomic E-state index is 0.0495. The van der Waals surface area contributed by atoms with Crippen LogP contribution in [0, 0.1) is 6.92 Å². The number of aliphatic hydroxyl groups excluding tert-OH is 1. The third-order valence-corrected chi connectivity index (χ3v) is 4.77. The van der Waals surface area contributed by atoms with Gasteiger partial charge in [0, 0.05) is 18.0 Å². The van der Waals surface area contributed by atoms with E-state index in [1.54, 1.807) is 48.8 Å². The molecule has 0 bridgehead atoms. The predicted molar refractivity (Wildman–Crippen MR) is 102 cm³/mol. The van der Waals surface area contributed by atoms with Crippen molar-refractivity contribution in [3.63, 3.8) is 0 Å². The van der Waals surface area contributed by atoms with Crippen LogP contribution in [0.25, 0.3) is 5.76 Å².